The van der Waals surface area contributed by atoms with Crippen molar-refractivity contribution in [3.05, 3.63) is 35.4 Å². The minimum Gasteiger partial charge on any atom is -0.370 e. The van der Waals surface area contributed by atoms with Gasteiger partial charge in [-0.15, -0.1) is 0 Å². The van der Waals surface area contributed by atoms with Crippen molar-refractivity contribution >= 4 is 15.8 Å². The first-order valence-corrected chi connectivity index (χ1v) is 10.7. The number of nitrogens with one attached hydrogen (secondary N) is 1. The van der Waals surface area contributed by atoms with Crippen LogP contribution in [0, 0.1) is 0 Å². The van der Waals surface area contributed by atoms with Crippen molar-refractivity contribution in [1.29, 1.82) is 0 Å². The van der Waals surface area contributed by atoms with Gasteiger partial charge in [-0.2, -0.15) is 13.2 Å². The quantitative estimate of drug-likeness (QED) is 0.598. The monoisotopic (exact) mass is 407 g/mol. The average Bonchev–Trinajstić information content (AvgIpc) is 2.59. The summed E-state index contributed by atoms with van der Waals surface area (Å²) in [6, 6.07) is 5.10. The summed E-state index contributed by atoms with van der Waals surface area (Å²) < 4.78 is 67.1. The largest absolute Gasteiger partial charge is 0.416 e. The Morgan fingerprint density at radius 2 is 2.15 bits per heavy atom. The lowest BCUT2D eigenvalue weighted by Crippen LogP contribution is -2.48. The summed E-state index contributed by atoms with van der Waals surface area (Å²) in [5.41, 5.74) is -0.268. The van der Waals surface area contributed by atoms with Gasteiger partial charge in [0.15, 0.2) is 5.96 Å². The second kappa shape index (κ2) is 8.92. The second-order valence-corrected chi connectivity index (χ2v) is 8.55. The van der Waals surface area contributed by atoms with Gasteiger partial charge in [0.2, 0.25) is 0 Å². The zero-order valence-corrected chi connectivity index (χ0v) is 16.1. The number of aliphatic imine (C=N–C) groups is 1. The minimum absolute atomic E-state index is 0.0662. The van der Waals surface area contributed by atoms with Crippen LogP contribution in [0.4, 0.5) is 13.2 Å². The average molecular weight is 407 g/mol. The van der Waals surface area contributed by atoms with E-state index in [2.05, 4.69) is 10.3 Å². The summed E-state index contributed by atoms with van der Waals surface area (Å²) >= 11 is 0. The van der Waals surface area contributed by atoms with Crippen molar-refractivity contribution in [1.82, 2.24) is 10.2 Å². The number of ether oxygens (including phenoxy) is 1. The fourth-order valence-corrected chi connectivity index (χ4v) is 3.12. The van der Waals surface area contributed by atoms with E-state index in [1.807, 2.05) is 11.8 Å². The van der Waals surface area contributed by atoms with Gasteiger partial charge in [-0.3, -0.25) is 4.99 Å². The lowest BCUT2D eigenvalue weighted by Gasteiger charge is -2.35. The van der Waals surface area contributed by atoms with E-state index in [-0.39, 0.29) is 12.3 Å². The van der Waals surface area contributed by atoms with E-state index >= 15 is 0 Å². The second-order valence-electron chi connectivity index (χ2n) is 6.29. The Bertz CT molecular complexity index is 766. The Morgan fingerprint density at radius 1 is 1.41 bits per heavy atom. The van der Waals surface area contributed by atoms with Crippen molar-refractivity contribution in [2.75, 3.05) is 44.8 Å². The highest BCUT2D eigenvalue weighted by atomic mass is 32.2. The highest BCUT2D eigenvalue weighted by molar-refractivity contribution is 7.90. The third kappa shape index (κ3) is 6.69. The molecule has 0 aromatic heterocycles. The Hall–Kier alpha value is -1.81. The summed E-state index contributed by atoms with van der Waals surface area (Å²) in [4.78, 5) is 6.20. The van der Waals surface area contributed by atoms with E-state index in [9.17, 15) is 21.6 Å². The van der Waals surface area contributed by atoms with Crippen LogP contribution in [-0.4, -0.2) is 64.1 Å². The number of hydrogen-bond acceptors (Lipinski definition) is 4. The van der Waals surface area contributed by atoms with Gasteiger partial charge < -0.3 is 15.0 Å². The molecular formula is C17H24F3N3O3S. The van der Waals surface area contributed by atoms with Gasteiger partial charge >= 0.3 is 6.18 Å². The molecule has 0 amide bonds. The predicted octanol–water partition coefficient (Wildman–Crippen LogP) is 2.09. The minimum atomic E-state index is -4.41. The van der Waals surface area contributed by atoms with E-state index in [1.165, 1.54) is 6.07 Å². The van der Waals surface area contributed by atoms with Crippen molar-refractivity contribution in [2.45, 2.75) is 19.2 Å². The Labute approximate surface area is 157 Å². The molecule has 0 aliphatic carbocycles. The van der Waals surface area contributed by atoms with Gasteiger partial charge in [0.05, 0.1) is 31.0 Å². The lowest BCUT2D eigenvalue weighted by atomic mass is 10.0. The van der Waals surface area contributed by atoms with Crippen LogP contribution in [0.2, 0.25) is 0 Å². The van der Waals surface area contributed by atoms with E-state index in [1.54, 1.807) is 6.07 Å². The summed E-state index contributed by atoms with van der Waals surface area (Å²) in [5.74, 6) is 0.463. The van der Waals surface area contributed by atoms with Crippen LogP contribution in [-0.2, 0) is 20.8 Å². The number of halogens is 3. The van der Waals surface area contributed by atoms with Crippen molar-refractivity contribution in [3.8, 4) is 0 Å². The normalized spacial score (nSPS) is 19.2. The highest BCUT2D eigenvalue weighted by Gasteiger charge is 2.32. The molecule has 1 atom stereocenters. The van der Waals surface area contributed by atoms with Crippen molar-refractivity contribution in [3.63, 3.8) is 0 Å². The SMILES string of the molecule is CCNC(=NCCS(C)(=O)=O)N1CCOC(c2cccc(C(F)(F)F)c2)C1. The smallest absolute Gasteiger partial charge is 0.370 e. The third-order valence-electron chi connectivity index (χ3n) is 4.01. The van der Waals surface area contributed by atoms with E-state index in [0.29, 0.717) is 37.8 Å². The molecule has 1 fully saturated rings. The van der Waals surface area contributed by atoms with Crippen LogP contribution < -0.4 is 5.32 Å². The molecule has 0 radical (unpaired) electrons. The first-order valence-electron chi connectivity index (χ1n) is 8.60. The van der Waals surface area contributed by atoms with E-state index in [0.717, 1.165) is 18.4 Å². The molecule has 0 spiro atoms. The summed E-state index contributed by atoms with van der Waals surface area (Å²) in [6.07, 6.45) is -3.79. The topological polar surface area (TPSA) is 71.0 Å². The van der Waals surface area contributed by atoms with Crippen molar-refractivity contribution < 1.29 is 26.3 Å². The molecule has 1 heterocycles. The first-order chi connectivity index (χ1) is 12.6. The van der Waals surface area contributed by atoms with Gasteiger partial charge in [0.1, 0.15) is 15.9 Å². The zero-order valence-electron chi connectivity index (χ0n) is 15.3. The lowest BCUT2D eigenvalue weighted by molar-refractivity contribution is -0.137. The van der Waals surface area contributed by atoms with Crippen LogP contribution in [0.25, 0.3) is 0 Å². The Kier molecular flexibility index (Phi) is 7.10. The van der Waals surface area contributed by atoms with E-state index in [4.69, 9.17) is 4.74 Å². The zero-order chi connectivity index (χ0) is 20.1. The standard InChI is InChI=1S/C17H24F3N3O3S/c1-3-21-16(22-7-10-27(2,24)25)23-8-9-26-15(12-23)13-5-4-6-14(11-13)17(18,19)20/h4-6,11,15H,3,7-10,12H2,1-2H3,(H,21,22). The maximum atomic E-state index is 12.9. The molecule has 27 heavy (non-hydrogen) atoms. The van der Waals surface area contributed by atoms with E-state index < -0.39 is 27.7 Å². The van der Waals surface area contributed by atoms with Gasteiger partial charge in [0, 0.05) is 19.3 Å². The molecule has 1 aromatic rings. The molecule has 1 aliphatic heterocycles. The molecule has 6 nitrogen and oxygen atoms in total. The van der Waals surface area contributed by atoms with Crippen LogP contribution in [0.3, 0.4) is 0 Å². The fourth-order valence-electron chi connectivity index (χ4n) is 2.70. The van der Waals surface area contributed by atoms with Gasteiger partial charge in [-0.25, -0.2) is 8.42 Å². The Morgan fingerprint density at radius 3 is 2.78 bits per heavy atom. The summed E-state index contributed by atoms with van der Waals surface area (Å²) in [5, 5.41) is 3.09. The molecule has 0 saturated carbocycles. The molecule has 1 unspecified atom stereocenters. The molecule has 1 N–H and O–H groups in total. The number of alkyl halides is 3. The fraction of sp³-hybridized carbons (Fsp3) is 0.588. The molecule has 1 aliphatic rings. The molecule has 2 rings (SSSR count). The van der Waals surface area contributed by atoms with Crippen LogP contribution in [0.15, 0.2) is 29.3 Å². The predicted molar refractivity (Wildman–Crippen MR) is 97.4 cm³/mol. The number of guanidine groups is 1. The molecule has 0 bridgehead atoms. The van der Waals surface area contributed by atoms with Gasteiger partial charge in [-0.05, 0) is 24.6 Å². The number of rotatable bonds is 5. The summed E-state index contributed by atoms with van der Waals surface area (Å²) in [6.45, 7) is 3.76. The molecular weight excluding hydrogens is 383 g/mol. The number of benzene rings is 1. The number of nitrogens with zero attached hydrogens (tertiary/aromatic N) is 2. The van der Waals surface area contributed by atoms with Gasteiger partial charge in [-0.1, -0.05) is 12.1 Å². The number of sulfone groups is 1. The molecule has 1 aromatic carbocycles. The van der Waals surface area contributed by atoms with Crippen LogP contribution >= 0.6 is 0 Å². The van der Waals surface area contributed by atoms with Crippen LogP contribution in [0.5, 0.6) is 0 Å². The number of hydrogen-bond donors (Lipinski definition) is 1. The molecule has 10 heteroatoms. The van der Waals surface area contributed by atoms with Crippen molar-refractivity contribution in [2.24, 2.45) is 4.99 Å². The Balaban J connectivity index is 2.14. The number of morpholine rings is 1. The molecule has 152 valence electrons. The highest BCUT2D eigenvalue weighted by Crippen LogP contribution is 2.32. The first kappa shape index (κ1) is 21.5. The van der Waals surface area contributed by atoms with Gasteiger partial charge in [0.25, 0.3) is 0 Å². The molecule has 1 saturated heterocycles. The maximum Gasteiger partial charge on any atom is 0.416 e. The van der Waals surface area contributed by atoms with Crippen LogP contribution in [0.1, 0.15) is 24.2 Å². The summed E-state index contributed by atoms with van der Waals surface area (Å²) in [7, 11) is -3.12. The maximum absolute atomic E-state index is 12.9. The third-order valence-corrected chi connectivity index (χ3v) is 4.93.